The molecule has 0 bridgehead atoms. The van der Waals surface area contributed by atoms with Gasteiger partial charge in [-0.15, -0.1) is 0 Å². The first-order valence-electron chi connectivity index (χ1n) is 5.54. The van der Waals surface area contributed by atoms with Crippen LogP contribution >= 0.6 is 11.6 Å². The molecule has 1 fully saturated rings. The Bertz CT molecular complexity index is 507. The van der Waals surface area contributed by atoms with E-state index in [-0.39, 0.29) is 22.4 Å². The summed E-state index contributed by atoms with van der Waals surface area (Å²) < 4.78 is 13.3. The van der Waals surface area contributed by atoms with Gasteiger partial charge in [-0.1, -0.05) is 11.6 Å². The van der Waals surface area contributed by atoms with Gasteiger partial charge >= 0.3 is 0 Å². The van der Waals surface area contributed by atoms with Crippen LogP contribution in [0.25, 0.3) is 0 Å². The molecule has 1 aromatic rings. The van der Waals surface area contributed by atoms with Gasteiger partial charge in [0.1, 0.15) is 11.9 Å². The van der Waals surface area contributed by atoms with Gasteiger partial charge in [-0.3, -0.25) is 9.59 Å². The van der Waals surface area contributed by atoms with E-state index in [9.17, 15) is 14.0 Å². The van der Waals surface area contributed by atoms with Crippen molar-refractivity contribution in [2.75, 3.05) is 13.1 Å². The lowest BCUT2D eigenvalue weighted by Gasteiger charge is -2.32. The van der Waals surface area contributed by atoms with Gasteiger partial charge in [-0.2, -0.15) is 0 Å². The second-order valence-electron chi connectivity index (χ2n) is 4.09. The number of carbonyl (C=O) groups is 2. The molecule has 0 radical (unpaired) electrons. The molecule has 1 aromatic carbocycles. The third kappa shape index (κ3) is 2.31. The molecule has 1 heterocycles. The maximum Gasteiger partial charge on any atom is 0.254 e. The van der Waals surface area contributed by atoms with E-state index in [0.717, 1.165) is 6.07 Å². The van der Waals surface area contributed by atoms with Gasteiger partial charge in [0, 0.05) is 18.7 Å². The molecular formula is C12H12ClFN2O2. The monoisotopic (exact) mass is 270 g/mol. The SMILES string of the molecule is CC1C(=O)NCCN1C(=O)c1ccc(Cl)c(F)c1. The van der Waals surface area contributed by atoms with Crippen LogP contribution < -0.4 is 5.32 Å². The van der Waals surface area contributed by atoms with E-state index < -0.39 is 11.9 Å². The Hall–Kier alpha value is -1.62. The van der Waals surface area contributed by atoms with Crippen LogP contribution in [0.1, 0.15) is 17.3 Å². The summed E-state index contributed by atoms with van der Waals surface area (Å²) in [4.78, 5) is 25.0. The molecule has 1 aliphatic rings. The van der Waals surface area contributed by atoms with Gasteiger partial charge in [-0.05, 0) is 25.1 Å². The number of nitrogens with zero attached hydrogens (tertiary/aromatic N) is 1. The number of benzene rings is 1. The predicted molar refractivity (Wildman–Crippen MR) is 64.9 cm³/mol. The maximum atomic E-state index is 13.3. The van der Waals surface area contributed by atoms with Gasteiger partial charge in [0.25, 0.3) is 5.91 Å². The Labute approximate surface area is 109 Å². The lowest BCUT2D eigenvalue weighted by atomic mass is 10.1. The Morgan fingerprint density at radius 1 is 1.56 bits per heavy atom. The molecule has 0 saturated carbocycles. The zero-order valence-corrected chi connectivity index (χ0v) is 10.5. The van der Waals surface area contributed by atoms with Crippen molar-refractivity contribution in [1.82, 2.24) is 10.2 Å². The molecule has 2 amide bonds. The summed E-state index contributed by atoms with van der Waals surface area (Å²) in [5.41, 5.74) is 0.193. The van der Waals surface area contributed by atoms with Crippen LogP contribution in [0.2, 0.25) is 5.02 Å². The van der Waals surface area contributed by atoms with Crippen LogP contribution in [-0.4, -0.2) is 35.8 Å². The maximum absolute atomic E-state index is 13.3. The van der Waals surface area contributed by atoms with E-state index >= 15 is 0 Å². The number of hydrogen-bond donors (Lipinski definition) is 1. The minimum Gasteiger partial charge on any atom is -0.353 e. The molecular weight excluding hydrogens is 259 g/mol. The Kier molecular flexibility index (Phi) is 3.52. The minimum atomic E-state index is -0.642. The van der Waals surface area contributed by atoms with Crippen LogP contribution in [0.15, 0.2) is 18.2 Å². The first kappa shape index (κ1) is 12.8. The number of halogens is 2. The predicted octanol–water partition coefficient (Wildman–Crippen LogP) is 1.44. The summed E-state index contributed by atoms with van der Waals surface area (Å²) in [6, 6.07) is 3.32. The number of carbonyl (C=O) groups excluding carboxylic acids is 2. The van der Waals surface area contributed by atoms with Gasteiger partial charge < -0.3 is 10.2 Å². The first-order valence-corrected chi connectivity index (χ1v) is 5.92. The summed E-state index contributed by atoms with van der Waals surface area (Å²) >= 11 is 5.56. The molecule has 4 nitrogen and oxygen atoms in total. The van der Waals surface area contributed by atoms with Crippen molar-refractivity contribution in [3.63, 3.8) is 0 Å². The fraction of sp³-hybridized carbons (Fsp3) is 0.333. The Morgan fingerprint density at radius 2 is 2.28 bits per heavy atom. The van der Waals surface area contributed by atoms with Crippen molar-refractivity contribution in [1.29, 1.82) is 0 Å². The van der Waals surface area contributed by atoms with E-state index in [1.165, 1.54) is 17.0 Å². The van der Waals surface area contributed by atoms with Gasteiger partial charge in [0.2, 0.25) is 5.91 Å². The third-order valence-electron chi connectivity index (χ3n) is 2.93. The summed E-state index contributed by atoms with van der Waals surface area (Å²) in [5.74, 6) is -1.21. The van der Waals surface area contributed by atoms with Crippen LogP contribution in [-0.2, 0) is 4.79 Å². The number of amides is 2. The Balaban J connectivity index is 2.25. The smallest absolute Gasteiger partial charge is 0.254 e. The summed E-state index contributed by atoms with van der Waals surface area (Å²) in [5, 5.41) is 2.63. The third-order valence-corrected chi connectivity index (χ3v) is 3.23. The molecule has 1 atom stereocenters. The largest absolute Gasteiger partial charge is 0.353 e. The molecule has 2 rings (SSSR count). The van der Waals surface area contributed by atoms with Crippen LogP contribution in [0.5, 0.6) is 0 Å². The molecule has 1 N–H and O–H groups in total. The van der Waals surface area contributed by atoms with E-state index in [1.807, 2.05) is 0 Å². The highest BCUT2D eigenvalue weighted by Gasteiger charge is 2.30. The fourth-order valence-electron chi connectivity index (χ4n) is 1.85. The normalized spacial score (nSPS) is 19.6. The average molecular weight is 271 g/mol. The van der Waals surface area contributed by atoms with Gasteiger partial charge in [-0.25, -0.2) is 4.39 Å². The molecule has 0 spiro atoms. The molecule has 18 heavy (non-hydrogen) atoms. The molecule has 6 heteroatoms. The van der Waals surface area contributed by atoms with E-state index in [2.05, 4.69) is 5.32 Å². The average Bonchev–Trinajstić information content (AvgIpc) is 2.35. The molecule has 0 aliphatic carbocycles. The molecule has 0 aromatic heterocycles. The van der Waals surface area contributed by atoms with Gasteiger partial charge in [0.05, 0.1) is 5.02 Å². The summed E-state index contributed by atoms with van der Waals surface area (Å²) in [6.07, 6.45) is 0. The van der Waals surface area contributed by atoms with Crippen LogP contribution in [0.4, 0.5) is 4.39 Å². The van der Waals surface area contributed by atoms with E-state index in [4.69, 9.17) is 11.6 Å². The number of rotatable bonds is 1. The second kappa shape index (κ2) is 4.94. The van der Waals surface area contributed by atoms with Crippen molar-refractivity contribution < 1.29 is 14.0 Å². The summed E-state index contributed by atoms with van der Waals surface area (Å²) in [6.45, 7) is 2.46. The van der Waals surface area contributed by atoms with E-state index in [0.29, 0.717) is 13.1 Å². The standard InChI is InChI=1S/C12H12ClFN2O2/c1-7-11(17)15-4-5-16(7)12(18)8-2-3-9(13)10(14)6-8/h2-3,6-7H,4-5H2,1H3,(H,15,17). The van der Waals surface area contributed by atoms with Gasteiger partial charge in [0.15, 0.2) is 0 Å². The van der Waals surface area contributed by atoms with Crippen LogP contribution in [0.3, 0.4) is 0 Å². The zero-order chi connectivity index (χ0) is 13.3. The second-order valence-corrected chi connectivity index (χ2v) is 4.50. The van der Waals surface area contributed by atoms with Crippen molar-refractivity contribution in [3.8, 4) is 0 Å². The van der Waals surface area contributed by atoms with Crippen molar-refractivity contribution in [2.24, 2.45) is 0 Å². The molecule has 1 saturated heterocycles. The minimum absolute atomic E-state index is 0.0315. The molecule has 96 valence electrons. The van der Waals surface area contributed by atoms with Crippen molar-refractivity contribution in [3.05, 3.63) is 34.6 Å². The fourth-order valence-corrected chi connectivity index (χ4v) is 1.97. The van der Waals surface area contributed by atoms with Crippen molar-refractivity contribution in [2.45, 2.75) is 13.0 Å². The lowest BCUT2D eigenvalue weighted by Crippen LogP contribution is -2.55. The lowest BCUT2D eigenvalue weighted by molar-refractivity contribution is -0.127. The summed E-state index contributed by atoms with van der Waals surface area (Å²) in [7, 11) is 0. The van der Waals surface area contributed by atoms with Crippen LogP contribution in [0, 0.1) is 5.82 Å². The highest BCUT2D eigenvalue weighted by molar-refractivity contribution is 6.30. The quantitative estimate of drug-likeness (QED) is 0.839. The zero-order valence-electron chi connectivity index (χ0n) is 9.74. The Morgan fingerprint density at radius 3 is 2.94 bits per heavy atom. The first-order chi connectivity index (χ1) is 8.50. The number of piperazine rings is 1. The topological polar surface area (TPSA) is 49.4 Å². The number of hydrogen-bond acceptors (Lipinski definition) is 2. The van der Waals surface area contributed by atoms with E-state index in [1.54, 1.807) is 6.92 Å². The highest BCUT2D eigenvalue weighted by atomic mass is 35.5. The molecule has 1 aliphatic heterocycles. The number of nitrogens with one attached hydrogen (secondary N) is 1. The highest BCUT2D eigenvalue weighted by Crippen LogP contribution is 2.18. The molecule has 1 unspecified atom stereocenters. The van der Waals surface area contributed by atoms with Crippen molar-refractivity contribution >= 4 is 23.4 Å².